The molecule has 0 aromatic heterocycles. The van der Waals surface area contributed by atoms with Gasteiger partial charge < -0.3 is 0 Å². The fourth-order valence-corrected chi connectivity index (χ4v) is 12.4. The van der Waals surface area contributed by atoms with Gasteiger partial charge in [0.2, 0.25) is 0 Å². The number of hydrogen-bond acceptors (Lipinski definition) is 0. The van der Waals surface area contributed by atoms with Gasteiger partial charge >= 0.3 is 0 Å². The first-order valence-electron chi connectivity index (χ1n) is 11.3. The predicted molar refractivity (Wildman–Crippen MR) is 90.3 cm³/mol. The lowest BCUT2D eigenvalue weighted by Crippen LogP contribution is -2.47. The molecule has 8 rings (SSSR count). The maximum atomic E-state index is 2.61. The minimum absolute atomic E-state index is 1.09. The summed E-state index contributed by atoms with van der Waals surface area (Å²) in [6.07, 6.45) is 11.7. The summed E-state index contributed by atoms with van der Waals surface area (Å²) in [5, 5.41) is 0. The molecule has 0 aliphatic heterocycles. The van der Waals surface area contributed by atoms with Gasteiger partial charge in [0.1, 0.15) is 0 Å². The summed E-state index contributed by atoms with van der Waals surface area (Å²) in [6, 6.07) is 0. The van der Waals surface area contributed by atoms with Crippen LogP contribution in [0, 0.1) is 88.8 Å². The second kappa shape index (κ2) is 3.59. The zero-order valence-corrected chi connectivity index (χ0v) is 14.6. The standard InChI is InChI=1S/C23H32/c1-9-4-12-6-13(9)21-17-8-16(20(12)21)22-14-7-15(23(17)22)19-11-3-2-10(5-11)18(14)19/h9-23H,2-8H2,1H3. The normalized spacial score (nSPS) is 77.9. The van der Waals surface area contributed by atoms with E-state index in [0.717, 1.165) is 5.92 Å². The molecule has 15 atom stereocenters. The lowest BCUT2D eigenvalue weighted by atomic mass is 9.54. The summed E-state index contributed by atoms with van der Waals surface area (Å²) in [5.74, 6) is 18.2. The molecule has 0 aromatic carbocycles. The number of rotatable bonds is 0. The summed E-state index contributed by atoms with van der Waals surface area (Å²) in [4.78, 5) is 0. The Balaban J connectivity index is 1.23. The molecule has 0 N–H and O–H groups in total. The van der Waals surface area contributed by atoms with E-state index in [1.807, 2.05) is 0 Å². The van der Waals surface area contributed by atoms with Crippen LogP contribution in [0.4, 0.5) is 0 Å². The van der Waals surface area contributed by atoms with E-state index in [9.17, 15) is 0 Å². The second-order valence-electron chi connectivity index (χ2n) is 11.8. The molecule has 23 heavy (non-hydrogen) atoms. The Morgan fingerprint density at radius 2 is 0.957 bits per heavy atom. The fourth-order valence-electron chi connectivity index (χ4n) is 12.4. The Hall–Kier alpha value is 0. The van der Waals surface area contributed by atoms with Crippen LogP contribution in [0.5, 0.6) is 0 Å². The second-order valence-corrected chi connectivity index (χ2v) is 11.8. The molecular formula is C23H32. The molecule has 8 fully saturated rings. The van der Waals surface area contributed by atoms with Crippen LogP contribution in [0.1, 0.15) is 51.9 Å². The van der Waals surface area contributed by atoms with E-state index in [0.29, 0.717) is 0 Å². The Bertz CT molecular complexity index is 593. The summed E-state index contributed by atoms with van der Waals surface area (Å²) in [7, 11) is 0. The van der Waals surface area contributed by atoms with E-state index in [1.54, 1.807) is 44.9 Å². The molecule has 0 nitrogen and oxygen atoms in total. The minimum atomic E-state index is 1.09. The van der Waals surface area contributed by atoms with Crippen molar-refractivity contribution < 1.29 is 0 Å². The van der Waals surface area contributed by atoms with Crippen LogP contribution in [0.3, 0.4) is 0 Å². The summed E-state index contributed by atoms with van der Waals surface area (Å²) in [5.41, 5.74) is 0. The zero-order valence-electron chi connectivity index (χ0n) is 14.6. The molecule has 8 saturated carbocycles. The van der Waals surface area contributed by atoms with Crippen LogP contribution < -0.4 is 0 Å². The molecule has 0 saturated heterocycles. The highest BCUT2D eigenvalue weighted by Crippen LogP contribution is 2.81. The van der Waals surface area contributed by atoms with Crippen molar-refractivity contribution in [2.75, 3.05) is 0 Å². The lowest BCUT2D eigenvalue weighted by molar-refractivity contribution is -0.0362. The minimum Gasteiger partial charge on any atom is -0.0622 e. The highest BCUT2D eigenvalue weighted by molar-refractivity contribution is 5.23. The Labute approximate surface area is 141 Å². The largest absolute Gasteiger partial charge is 0.0622 e. The topological polar surface area (TPSA) is 0 Å². The van der Waals surface area contributed by atoms with Gasteiger partial charge in [0.15, 0.2) is 0 Å². The van der Waals surface area contributed by atoms with E-state index in [-0.39, 0.29) is 0 Å². The van der Waals surface area contributed by atoms with Crippen LogP contribution in [-0.4, -0.2) is 0 Å². The quantitative estimate of drug-likeness (QED) is 0.547. The van der Waals surface area contributed by atoms with Gasteiger partial charge in [-0.15, -0.1) is 0 Å². The molecule has 8 aliphatic rings. The zero-order chi connectivity index (χ0) is 14.6. The Morgan fingerprint density at radius 3 is 1.61 bits per heavy atom. The summed E-state index contributed by atoms with van der Waals surface area (Å²) in [6.45, 7) is 2.61. The van der Waals surface area contributed by atoms with Gasteiger partial charge in [0.25, 0.3) is 0 Å². The van der Waals surface area contributed by atoms with Crippen LogP contribution in [-0.2, 0) is 0 Å². The molecule has 0 heteroatoms. The molecule has 0 aromatic rings. The van der Waals surface area contributed by atoms with Crippen molar-refractivity contribution in [3.05, 3.63) is 0 Å². The van der Waals surface area contributed by atoms with E-state index in [4.69, 9.17) is 0 Å². The van der Waals surface area contributed by atoms with Gasteiger partial charge in [-0.2, -0.15) is 0 Å². The first-order chi connectivity index (χ1) is 11.3. The summed E-state index contributed by atoms with van der Waals surface area (Å²) >= 11 is 0. The molecule has 0 spiro atoms. The third kappa shape index (κ3) is 1.11. The van der Waals surface area contributed by atoms with E-state index in [2.05, 4.69) is 6.92 Å². The third-order valence-electron chi connectivity index (χ3n) is 12.0. The summed E-state index contributed by atoms with van der Waals surface area (Å²) < 4.78 is 0. The van der Waals surface area contributed by atoms with Crippen LogP contribution in [0.25, 0.3) is 0 Å². The van der Waals surface area contributed by atoms with Gasteiger partial charge in [-0.3, -0.25) is 0 Å². The smallest absolute Gasteiger partial charge is 0.0318 e. The van der Waals surface area contributed by atoms with Gasteiger partial charge in [-0.05, 0) is 134 Å². The van der Waals surface area contributed by atoms with Crippen molar-refractivity contribution in [2.45, 2.75) is 51.9 Å². The van der Waals surface area contributed by atoms with Crippen LogP contribution >= 0.6 is 0 Å². The van der Waals surface area contributed by atoms with Crippen molar-refractivity contribution in [2.24, 2.45) is 88.8 Å². The van der Waals surface area contributed by atoms with E-state index >= 15 is 0 Å². The SMILES string of the molecule is CC1CC2CC1C1C3CC(C21)C1C2CC(C4C5CCC(C5)C24)C31. The van der Waals surface area contributed by atoms with E-state index in [1.165, 1.54) is 82.9 Å². The molecule has 0 amide bonds. The molecule has 8 aliphatic carbocycles. The average molecular weight is 309 g/mol. The molecule has 15 unspecified atom stereocenters. The van der Waals surface area contributed by atoms with Crippen molar-refractivity contribution in [1.82, 2.24) is 0 Å². The number of hydrogen-bond donors (Lipinski definition) is 0. The molecular weight excluding hydrogens is 276 g/mol. The monoisotopic (exact) mass is 308 g/mol. The van der Waals surface area contributed by atoms with Crippen LogP contribution in [0.15, 0.2) is 0 Å². The van der Waals surface area contributed by atoms with Gasteiger partial charge in [0.05, 0.1) is 0 Å². The molecule has 8 bridgehead atoms. The van der Waals surface area contributed by atoms with Crippen molar-refractivity contribution in [3.63, 3.8) is 0 Å². The number of fused-ring (bicyclic) bond motifs is 23. The highest BCUT2D eigenvalue weighted by atomic mass is 14.8. The Morgan fingerprint density at radius 1 is 0.435 bits per heavy atom. The molecule has 0 radical (unpaired) electrons. The average Bonchev–Trinajstić information content (AvgIpc) is 3.34. The first-order valence-corrected chi connectivity index (χ1v) is 11.3. The van der Waals surface area contributed by atoms with Crippen LogP contribution in [0.2, 0.25) is 0 Å². The Kier molecular flexibility index (Phi) is 1.93. The van der Waals surface area contributed by atoms with E-state index < -0.39 is 0 Å². The predicted octanol–water partition coefficient (Wildman–Crippen LogP) is 5.09. The first kappa shape index (κ1) is 12.4. The molecule has 0 heterocycles. The maximum absolute atomic E-state index is 2.61. The lowest BCUT2D eigenvalue weighted by Gasteiger charge is -2.51. The van der Waals surface area contributed by atoms with Gasteiger partial charge in [0, 0.05) is 0 Å². The fraction of sp³-hybridized carbons (Fsp3) is 1.00. The molecule has 124 valence electrons. The van der Waals surface area contributed by atoms with Crippen molar-refractivity contribution >= 4 is 0 Å². The maximum Gasteiger partial charge on any atom is -0.0318 e. The van der Waals surface area contributed by atoms with Gasteiger partial charge in [-0.25, -0.2) is 0 Å². The van der Waals surface area contributed by atoms with Crippen molar-refractivity contribution in [1.29, 1.82) is 0 Å². The van der Waals surface area contributed by atoms with Gasteiger partial charge in [-0.1, -0.05) is 6.92 Å². The highest BCUT2D eigenvalue weighted by Gasteiger charge is 2.75. The van der Waals surface area contributed by atoms with Crippen molar-refractivity contribution in [3.8, 4) is 0 Å². The third-order valence-corrected chi connectivity index (χ3v) is 12.0.